The van der Waals surface area contributed by atoms with Crippen molar-refractivity contribution in [3.63, 3.8) is 0 Å². The summed E-state index contributed by atoms with van der Waals surface area (Å²) in [5.41, 5.74) is 11.8. The predicted octanol–water partition coefficient (Wildman–Crippen LogP) is 21.9. The molecule has 0 aliphatic carbocycles. The fourth-order valence-corrected chi connectivity index (χ4v) is 10.8. The molecule has 0 saturated carbocycles. The first kappa shape index (κ1) is 48.6. The Balaban J connectivity index is 0.000000765. The molecule has 0 aromatic heterocycles. The van der Waals surface area contributed by atoms with E-state index < -0.39 is 0 Å². The van der Waals surface area contributed by atoms with Gasteiger partial charge >= 0.3 is 0 Å². The Hall–Kier alpha value is -8.46. The monoisotopic (exact) mass is 933 g/mol. The van der Waals surface area contributed by atoms with Gasteiger partial charge in [0.2, 0.25) is 0 Å². The van der Waals surface area contributed by atoms with E-state index in [4.69, 9.17) is 0 Å². The summed E-state index contributed by atoms with van der Waals surface area (Å²) in [5, 5.41) is 15.3. The second kappa shape index (κ2) is 22.1. The van der Waals surface area contributed by atoms with Crippen molar-refractivity contribution in [2.75, 3.05) is 9.80 Å². The second-order valence-corrected chi connectivity index (χ2v) is 16.7. The smallest absolute Gasteiger partial charge is 0.0540 e. The maximum atomic E-state index is 2.41. The number of hydrogen-bond acceptors (Lipinski definition) is 2. The molecule has 0 N–H and O–H groups in total. The molecule has 0 saturated heterocycles. The normalized spacial score (nSPS) is 10.8. The predicted molar refractivity (Wildman–Crippen MR) is 319 cm³/mol. The minimum Gasteiger partial charge on any atom is -0.310 e. The molecule has 0 amide bonds. The van der Waals surface area contributed by atoms with E-state index in [1.54, 1.807) is 0 Å². The number of hydrogen-bond donors (Lipinski definition) is 0. The summed E-state index contributed by atoms with van der Waals surface area (Å²) in [6.07, 6.45) is 0. The van der Waals surface area contributed by atoms with Crippen molar-refractivity contribution in [1.29, 1.82) is 0 Å². The highest BCUT2D eigenvalue weighted by molar-refractivity contribution is 6.47. The first-order valence-corrected chi connectivity index (χ1v) is 26.1. The van der Waals surface area contributed by atoms with Crippen LogP contribution < -0.4 is 9.80 Å². The summed E-state index contributed by atoms with van der Waals surface area (Å²) < 4.78 is 0. The Bertz CT molecular complexity index is 3410. The third kappa shape index (κ3) is 8.23. The van der Waals surface area contributed by atoms with E-state index in [9.17, 15) is 0 Å². The Kier molecular flexibility index (Phi) is 14.9. The molecule has 0 bridgehead atoms. The van der Waals surface area contributed by atoms with Gasteiger partial charge in [0.1, 0.15) is 0 Å². The topological polar surface area (TPSA) is 6.48 Å². The quantitative estimate of drug-likeness (QED) is 0.150. The molecule has 72 heavy (non-hydrogen) atoms. The van der Waals surface area contributed by atoms with Crippen LogP contribution in [0.25, 0.3) is 86.9 Å². The zero-order valence-electron chi connectivity index (χ0n) is 43.0. The van der Waals surface area contributed by atoms with Crippen LogP contribution >= 0.6 is 0 Å². The number of para-hydroxylation sites is 4. The van der Waals surface area contributed by atoms with Gasteiger partial charge in [-0.15, -0.1) is 0 Å². The molecule has 2 heteroatoms. The standard InChI is InChI=1S/C62H40N2.4C2H6/c1-7-21-41(22-8-1)55-59-49-35-19-33-47-54(64(45-29-15-5-16-30-45)46-31-17-6-18-32-46)40-38-52(57(47)49)62(59)56(42-23-9-2-10-24-42)60-50-36-20-34-48-53(39-37-51(58(48)50)61(55)60)63(43-25-11-3-12-26-43)44-27-13-4-14-28-44;4*1-2/h1-40H;4*1-2H3. The van der Waals surface area contributed by atoms with E-state index in [2.05, 4.69) is 252 Å². The fraction of sp³-hybridized carbons (Fsp3) is 0.114. The number of nitrogens with zero attached hydrogens (tertiary/aromatic N) is 2. The van der Waals surface area contributed by atoms with Crippen LogP contribution in [0, 0.1) is 0 Å². The Morgan fingerprint density at radius 3 is 0.708 bits per heavy atom. The van der Waals surface area contributed by atoms with Crippen LogP contribution in [0.1, 0.15) is 55.4 Å². The van der Waals surface area contributed by atoms with Gasteiger partial charge in [-0.3, -0.25) is 0 Å². The lowest BCUT2D eigenvalue weighted by molar-refractivity contribution is 1.30. The van der Waals surface area contributed by atoms with Crippen LogP contribution in [-0.4, -0.2) is 0 Å². The van der Waals surface area contributed by atoms with E-state index in [0.29, 0.717) is 0 Å². The lowest BCUT2D eigenvalue weighted by Crippen LogP contribution is -2.10. The molecule has 0 aliphatic rings. The molecule has 13 aromatic rings. The highest BCUT2D eigenvalue weighted by Gasteiger charge is 2.29. The molecule has 0 spiro atoms. The fourth-order valence-electron chi connectivity index (χ4n) is 10.8. The van der Waals surface area contributed by atoms with Gasteiger partial charge in [-0.05, 0) is 137 Å². The zero-order chi connectivity index (χ0) is 50.1. The molecular weight excluding hydrogens is 869 g/mol. The Labute approximate surface area is 426 Å². The lowest BCUT2D eigenvalue weighted by atomic mass is 9.87. The van der Waals surface area contributed by atoms with E-state index in [0.717, 1.165) is 34.1 Å². The highest BCUT2D eigenvalue weighted by Crippen LogP contribution is 2.57. The van der Waals surface area contributed by atoms with Gasteiger partial charge in [0.05, 0.1) is 11.4 Å². The number of benzene rings is 11. The van der Waals surface area contributed by atoms with Gasteiger partial charge in [0, 0.05) is 33.5 Å². The van der Waals surface area contributed by atoms with Crippen molar-refractivity contribution in [1.82, 2.24) is 0 Å². The summed E-state index contributed by atoms with van der Waals surface area (Å²) in [4.78, 5) is 4.82. The average Bonchev–Trinajstić information content (AvgIpc) is 3.99. The summed E-state index contributed by atoms with van der Waals surface area (Å²) in [6.45, 7) is 16.0. The lowest BCUT2D eigenvalue weighted by Gasteiger charge is -2.27. The largest absolute Gasteiger partial charge is 0.310 e. The van der Waals surface area contributed by atoms with E-state index in [1.165, 1.54) is 86.9 Å². The zero-order valence-corrected chi connectivity index (χ0v) is 43.0. The van der Waals surface area contributed by atoms with Gasteiger partial charge in [0.15, 0.2) is 0 Å². The minimum atomic E-state index is 1.13. The SMILES string of the molecule is CC.CC.CC.CC.c1ccc(-c2c3c4cccc5c(N(c6ccccc6)c6ccccc6)ccc(c3c(-c3ccccc3)c3c6cccc7c(N(c8ccccc8)c8ccccc8)ccc(c23)c76)c54)cc1. The molecule has 0 atom stereocenters. The Morgan fingerprint density at radius 2 is 0.431 bits per heavy atom. The van der Waals surface area contributed by atoms with Crippen LogP contribution in [0.4, 0.5) is 34.1 Å². The molecule has 0 fully saturated rings. The maximum Gasteiger partial charge on any atom is 0.0540 e. The molecule has 0 radical (unpaired) electrons. The van der Waals surface area contributed by atoms with Crippen LogP contribution in [-0.2, 0) is 0 Å². The molecule has 354 valence electrons. The molecule has 0 aliphatic heterocycles. The highest BCUT2D eigenvalue weighted by atomic mass is 15.1. The number of anilines is 6. The van der Waals surface area contributed by atoms with E-state index in [1.807, 2.05) is 55.4 Å². The van der Waals surface area contributed by atoms with Crippen molar-refractivity contribution in [2.45, 2.75) is 55.4 Å². The van der Waals surface area contributed by atoms with Crippen molar-refractivity contribution in [2.24, 2.45) is 0 Å². The van der Waals surface area contributed by atoms with Crippen molar-refractivity contribution < 1.29 is 0 Å². The first-order chi connectivity index (χ1) is 35.8. The molecular formula is C70H64N2. The average molecular weight is 933 g/mol. The van der Waals surface area contributed by atoms with Crippen LogP contribution in [0.15, 0.2) is 243 Å². The van der Waals surface area contributed by atoms with Crippen LogP contribution in [0.3, 0.4) is 0 Å². The van der Waals surface area contributed by atoms with Gasteiger partial charge in [-0.2, -0.15) is 0 Å². The van der Waals surface area contributed by atoms with E-state index >= 15 is 0 Å². The van der Waals surface area contributed by atoms with Crippen molar-refractivity contribution >= 4 is 98.8 Å². The third-order valence-electron chi connectivity index (χ3n) is 13.3. The van der Waals surface area contributed by atoms with Crippen LogP contribution in [0.5, 0.6) is 0 Å². The first-order valence-electron chi connectivity index (χ1n) is 26.1. The third-order valence-corrected chi connectivity index (χ3v) is 13.3. The van der Waals surface area contributed by atoms with Crippen LogP contribution in [0.2, 0.25) is 0 Å². The molecule has 0 heterocycles. The minimum absolute atomic E-state index is 1.13. The number of rotatable bonds is 8. The van der Waals surface area contributed by atoms with Gasteiger partial charge in [-0.1, -0.05) is 237 Å². The maximum absolute atomic E-state index is 2.41. The molecule has 0 unspecified atom stereocenters. The summed E-state index contributed by atoms with van der Waals surface area (Å²) in [5.74, 6) is 0. The second-order valence-electron chi connectivity index (χ2n) is 16.7. The van der Waals surface area contributed by atoms with Crippen molar-refractivity contribution in [3.8, 4) is 22.3 Å². The summed E-state index contributed by atoms with van der Waals surface area (Å²) in [7, 11) is 0. The number of fused-ring (bicyclic) bond motifs is 6. The van der Waals surface area contributed by atoms with Gasteiger partial charge < -0.3 is 9.80 Å². The molecule has 2 nitrogen and oxygen atoms in total. The molecule has 13 rings (SSSR count). The molecule has 13 aromatic carbocycles. The Morgan fingerprint density at radius 1 is 0.194 bits per heavy atom. The van der Waals surface area contributed by atoms with Crippen molar-refractivity contribution in [3.05, 3.63) is 243 Å². The van der Waals surface area contributed by atoms with Gasteiger partial charge in [-0.25, -0.2) is 0 Å². The summed E-state index contributed by atoms with van der Waals surface area (Å²) >= 11 is 0. The van der Waals surface area contributed by atoms with Gasteiger partial charge in [0.25, 0.3) is 0 Å². The summed E-state index contributed by atoms with van der Waals surface area (Å²) in [6, 6.07) is 88.7. The van der Waals surface area contributed by atoms with E-state index in [-0.39, 0.29) is 0 Å².